The van der Waals surface area contributed by atoms with E-state index < -0.39 is 25.1 Å². The first-order chi connectivity index (χ1) is 13.0. The fourth-order valence-electron chi connectivity index (χ4n) is 2.05. The summed E-state index contributed by atoms with van der Waals surface area (Å²) in [7, 11) is 0. The summed E-state index contributed by atoms with van der Waals surface area (Å²) in [6.45, 7) is -3.33. The van der Waals surface area contributed by atoms with Crippen molar-refractivity contribution < 1.29 is 27.8 Å². The number of ether oxygens (including phenoxy) is 2. The molecule has 0 fully saturated rings. The average molecular weight is 374 g/mol. The SMILES string of the molecule is C#CCNC(=O)COC(=O)c1ccccc1Nc1ccc(OC(F)F)cc1. The molecule has 0 spiro atoms. The Morgan fingerprint density at radius 3 is 2.48 bits per heavy atom. The standard InChI is InChI=1S/C19H16F2N2O4/c1-2-11-22-17(24)12-26-18(25)15-5-3-4-6-16(15)23-13-7-9-14(10-8-13)27-19(20)21/h1,3-10,19,23H,11-12H2,(H,22,24). The highest BCUT2D eigenvalue weighted by molar-refractivity contribution is 5.97. The van der Waals surface area contributed by atoms with Crippen LogP contribution in [-0.2, 0) is 9.53 Å². The van der Waals surface area contributed by atoms with Gasteiger partial charge in [-0.1, -0.05) is 18.1 Å². The molecule has 2 rings (SSSR count). The predicted octanol–water partition coefficient (Wildman–Crippen LogP) is 2.94. The van der Waals surface area contributed by atoms with E-state index in [1.807, 2.05) is 0 Å². The lowest BCUT2D eigenvalue weighted by Gasteiger charge is -2.12. The first kappa shape index (κ1) is 19.7. The Morgan fingerprint density at radius 1 is 1.11 bits per heavy atom. The molecule has 0 heterocycles. The van der Waals surface area contributed by atoms with Crippen LogP contribution in [0.3, 0.4) is 0 Å². The van der Waals surface area contributed by atoms with Crippen molar-refractivity contribution in [3.05, 3.63) is 54.1 Å². The van der Waals surface area contributed by atoms with Crippen molar-refractivity contribution in [3.8, 4) is 18.1 Å². The highest BCUT2D eigenvalue weighted by atomic mass is 19.3. The maximum Gasteiger partial charge on any atom is 0.387 e. The Morgan fingerprint density at radius 2 is 1.81 bits per heavy atom. The van der Waals surface area contributed by atoms with Crippen molar-refractivity contribution in [1.29, 1.82) is 0 Å². The summed E-state index contributed by atoms with van der Waals surface area (Å²) in [5, 5.41) is 5.36. The van der Waals surface area contributed by atoms with E-state index in [-0.39, 0.29) is 17.9 Å². The van der Waals surface area contributed by atoms with E-state index in [4.69, 9.17) is 11.2 Å². The summed E-state index contributed by atoms with van der Waals surface area (Å²) in [6, 6.07) is 12.3. The number of terminal acetylenes is 1. The van der Waals surface area contributed by atoms with Crippen molar-refractivity contribution in [2.24, 2.45) is 0 Å². The van der Waals surface area contributed by atoms with Crippen LogP contribution in [0, 0.1) is 12.3 Å². The predicted molar refractivity (Wildman–Crippen MR) is 94.9 cm³/mol. The number of hydrogen-bond donors (Lipinski definition) is 2. The number of para-hydroxylation sites is 1. The van der Waals surface area contributed by atoms with E-state index in [9.17, 15) is 18.4 Å². The van der Waals surface area contributed by atoms with Gasteiger partial charge in [-0.25, -0.2) is 4.79 Å². The first-order valence-electron chi connectivity index (χ1n) is 7.78. The number of halogens is 2. The fraction of sp³-hybridized carbons (Fsp3) is 0.158. The first-order valence-corrected chi connectivity index (χ1v) is 7.78. The van der Waals surface area contributed by atoms with Gasteiger partial charge in [0.1, 0.15) is 5.75 Å². The van der Waals surface area contributed by atoms with Crippen LogP contribution in [-0.4, -0.2) is 31.6 Å². The Labute approximate surface area is 154 Å². The fourth-order valence-corrected chi connectivity index (χ4v) is 2.05. The summed E-state index contributed by atoms with van der Waals surface area (Å²) >= 11 is 0. The number of carbonyl (C=O) groups excluding carboxylic acids is 2. The second-order valence-corrected chi connectivity index (χ2v) is 5.13. The molecule has 0 aliphatic carbocycles. The third-order valence-electron chi connectivity index (χ3n) is 3.23. The van der Waals surface area contributed by atoms with Gasteiger partial charge < -0.3 is 20.1 Å². The zero-order chi connectivity index (χ0) is 19.6. The van der Waals surface area contributed by atoms with Crippen molar-refractivity contribution in [2.45, 2.75) is 6.61 Å². The average Bonchev–Trinajstić information content (AvgIpc) is 2.66. The van der Waals surface area contributed by atoms with E-state index in [0.717, 1.165) is 0 Å². The minimum absolute atomic E-state index is 0.0150. The Balaban J connectivity index is 2.03. The van der Waals surface area contributed by atoms with Crippen LogP contribution < -0.4 is 15.4 Å². The van der Waals surface area contributed by atoms with Crippen LogP contribution in [0.1, 0.15) is 10.4 Å². The van der Waals surface area contributed by atoms with Crippen LogP contribution in [0.15, 0.2) is 48.5 Å². The van der Waals surface area contributed by atoms with Crippen LogP contribution >= 0.6 is 0 Å². The van der Waals surface area contributed by atoms with Crippen LogP contribution in [0.5, 0.6) is 5.75 Å². The molecule has 27 heavy (non-hydrogen) atoms. The van der Waals surface area contributed by atoms with Gasteiger partial charge in [-0.05, 0) is 36.4 Å². The number of amides is 1. The quantitative estimate of drug-likeness (QED) is 0.549. The summed E-state index contributed by atoms with van der Waals surface area (Å²) < 4.78 is 33.6. The molecule has 0 radical (unpaired) electrons. The summed E-state index contributed by atoms with van der Waals surface area (Å²) in [5.74, 6) is 1.04. The third-order valence-corrected chi connectivity index (χ3v) is 3.23. The van der Waals surface area contributed by atoms with Crippen LogP contribution in [0.4, 0.5) is 20.2 Å². The number of hydrogen-bond acceptors (Lipinski definition) is 5. The van der Waals surface area contributed by atoms with Gasteiger partial charge in [0.25, 0.3) is 5.91 Å². The zero-order valence-corrected chi connectivity index (χ0v) is 14.1. The molecule has 2 N–H and O–H groups in total. The maximum absolute atomic E-state index is 12.2. The Kier molecular flexibility index (Phi) is 7.14. The molecule has 8 heteroatoms. The lowest BCUT2D eigenvalue weighted by Crippen LogP contribution is -2.29. The highest BCUT2D eigenvalue weighted by Crippen LogP contribution is 2.24. The van der Waals surface area contributed by atoms with E-state index in [0.29, 0.717) is 11.4 Å². The van der Waals surface area contributed by atoms with Crippen LogP contribution in [0.2, 0.25) is 0 Å². The third kappa shape index (κ3) is 6.32. The maximum atomic E-state index is 12.2. The molecule has 0 aliphatic rings. The molecule has 140 valence electrons. The largest absolute Gasteiger partial charge is 0.452 e. The van der Waals surface area contributed by atoms with Crippen molar-refractivity contribution in [2.75, 3.05) is 18.5 Å². The van der Waals surface area contributed by atoms with E-state index in [1.165, 1.54) is 30.3 Å². The zero-order valence-electron chi connectivity index (χ0n) is 14.1. The second kappa shape index (κ2) is 9.77. The molecule has 2 aromatic rings. The van der Waals surface area contributed by atoms with Crippen molar-refractivity contribution in [1.82, 2.24) is 5.32 Å². The topological polar surface area (TPSA) is 76.7 Å². The summed E-state index contributed by atoms with van der Waals surface area (Å²) in [4.78, 5) is 23.7. The van der Waals surface area contributed by atoms with Gasteiger partial charge in [0.15, 0.2) is 6.61 Å². The summed E-state index contributed by atoms with van der Waals surface area (Å²) in [5.41, 5.74) is 1.17. The van der Waals surface area contributed by atoms with E-state index in [1.54, 1.807) is 18.2 Å². The molecule has 0 aliphatic heterocycles. The van der Waals surface area contributed by atoms with Gasteiger partial charge >= 0.3 is 12.6 Å². The molecule has 0 bridgehead atoms. The minimum Gasteiger partial charge on any atom is -0.452 e. The molecule has 0 atom stereocenters. The molecule has 6 nitrogen and oxygen atoms in total. The number of esters is 1. The van der Waals surface area contributed by atoms with Gasteiger partial charge in [-0.2, -0.15) is 8.78 Å². The Hall–Kier alpha value is -3.60. The smallest absolute Gasteiger partial charge is 0.387 e. The highest BCUT2D eigenvalue weighted by Gasteiger charge is 2.14. The number of alkyl halides is 2. The molecule has 0 aromatic heterocycles. The van der Waals surface area contributed by atoms with Gasteiger partial charge in [-0.15, -0.1) is 6.42 Å². The normalized spacial score (nSPS) is 10.0. The molecule has 1 amide bonds. The number of benzene rings is 2. The molecular weight excluding hydrogens is 358 g/mol. The van der Waals surface area contributed by atoms with Crippen molar-refractivity contribution in [3.63, 3.8) is 0 Å². The van der Waals surface area contributed by atoms with Crippen molar-refractivity contribution >= 4 is 23.3 Å². The summed E-state index contributed by atoms with van der Waals surface area (Å²) in [6.07, 6.45) is 5.02. The van der Waals surface area contributed by atoms with Gasteiger partial charge in [0, 0.05) is 5.69 Å². The van der Waals surface area contributed by atoms with E-state index in [2.05, 4.69) is 21.3 Å². The van der Waals surface area contributed by atoms with Gasteiger partial charge in [-0.3, -0.25) is 4.79 Å². The minimum atomic E-state index is -2.91. The van der Waals surface area contributed by atoms with Gasteiger partial charge in [0.05, 0.1) is 17.8 Å². The second-order valence-electron chi connectivity index (χ2n) is 5.13. The molecule has 0 saturated carbocycles. The molecular formula is C19H16F2N2O4. The lowest BCUT2D eigenvalue weighted by molar-refractivity contribution is -0.123. The van der Waals surface area contributed by atoms with Gasteiger partial charge in [0.2, 0.25) is 0 Å². The number of nitrogens with one attached hydrogen (secondary N) is 2. The molecule has 2 aromatic carbocycles. The van der Waals surface area contributed by atoms with Crippen LogP contribution in [0.25, 0.3) is 0 Å². The Bertz CT molecular complexity index is 832. The number of rotatable bonds is 8. The molecule has 0 saturated heterocycles. The van der Waals surface area contributed by atoms with E-state index >= 15 is 0 Å². The lowest BCUT2D eigenvalue weighted by atomic mass is 10.1. The monoisotopic (exact) mass is 374 g/mol. The molecule has 0 unspecified atom stereocenters. The number of anilines is 2. The number of carbonyl (C=O) groups is 2.